The second kappa shape index (κ2) is 7.80. The average Bonchev–Trinajstić information content (AvgIpc) is 3.24. The molecule has 0 bridgehead atoms. The number of halogens is 1. The molecule has 1 aliphatic heterocycles. The third kappa shape index (κ3) is 4.46. The Morgan fingerprint density at radius 2 is 2.08 bits per heavy atom. The van der Waals surface area contributed by atoms with E-state index in [4.69, 9.17) is 11.6 Å². The molecule has 0 spiro atoms. The van der Waals surface area contributed by atoms with Gasteiger partial charge in [0.15, 0.2) is 0 Å². The van der Waals surface area contributed by atoms with Crippen molar-refractivity contribution >= 4 is 46.5 Å². The quantitative estimate of drug-likeness (QED) is 0.822. The Kier molecular flexibility index (Phi) is 5.50. The van der Waals surface area contributed by atoms with Crippen LogP contribution in [-0.4, -0.2) is 34.8 Å². The van der Waals surface area contributed by atoms with Gasteiger partial charge in [0.2, 0.25) is 5.91 Å². The predicted octanol–water partition coefficient (Wildman–Crippen LogP) is 3.99. The summed E-state index contributed by atoms with van der Waals surface area (Å²) in [6.07, 6.45) is 5.07. The molecule has 2 aromatic rings. The topological polar surface area (TPSA) is 62.3 Å². The van der Waals surface area contributed by atoms with Crippen LogP contribution < -0.4 is 5.32 Å². The second-order valence-corrected chi connectivity index (χ2v) is 7.30. The smallest absolute Gasteiger partial charge is 0.255 e. The molecule has 1 fully saturated rings. The van der Waals surface area contributed by atoms with Crippen LogP contribution in [0.5, 0.6) is 0 Å². The number of thiazole rings is 1. The number of rotatable bonds is 4. The maximum Gasteiger partial charge on any atom is 0.255 e. The molecule has 1 N–H and O–H groups in total. The summed E-state index contributed by atoms with van der Waals surface area (Å²) in [6.45, 7) is 3.40. The number of carbonyl (C=O) groups excluding carboxylic acids is 2. The third-order valence-corrected chi connectivity index (χ3v) is 4.93. The van der Waals surface area contributed by atoms with Gasteiger partial charge in [0, 0.05) is 29.6 Å². The molecule has 1 aromatic heterocycles. The molecule has 25 heavy (non-hydrogen) atoms. The van der Waals surface area contributed by atoms with Crippen molar-refractivity contribution in [3.05, 3.63) is 50.9 Å². The number of anilines is 1. The Morgan fingerprint density at radius 3 is 2.76 bits per heavy atom. The van der Waals surface area contributed by atoms with Crippen molar-refractivity contribution in [1.82, 2.24) is 9.88 Å². The van der Waals surface area contributed by atoms with Crippen LogP contribution >= 0.6 is 22.9 Å². The van der Waals surface area contributed by atoms with Crippen LogP contribution in [0.4, 0.5) is 5.69 Å². The van der Waals surface area contributed by atoms with E-state index in [1.807, 2.05) is 12.3 Å². The third-order valence-electron chi connectivity index (χ3n) is 3.91. The number of aromatic nitrogens is 1. The molecule has 0 atom stereocenters. The van der Waals surface area contributed by atoms with Crippen LogP contribution in [0.15, 0.2) is 29.7 Å². The van der Waals surface area contributed by atoms with Crippen molar-refractivity contribution in [2.75, 3.05) is 18.4 Å². The van der Waals surface area contributed by atoms with E-state index in [2.05, 4.69) is 10.3 Å². The summed E-state index contributed by atoms with van der Waals surface area (Å²) in [7, 11) is 0. The molecule has 0 aliphatic carbocycles. The van der Waals surface area contributed by atoms with Gasteiger partial charge in [0.1, 0.15) is 0 Å². The fourth-order valence-electron chi connectivity index (χ4n) is 2.69. The molecule has 2 heterocycles. The molecule has 0 saturated carbocycles. The minimum absolute atomic E-state index is 0.0800. The van der Waals surface area contributed by atoms with Gasteiger partial charge in [-0.2, -0.15) is 0 Å². The number of amides is 2. The Balaban J connectivity index is 1.76. The molecule has 5 nitrogen and oxygen atoms in total. The van der Waals surface area contributed by atoms with Crippen molar-refractivity contribution in [1.29, 1.82) is 0 Å². The first kappa shape index (κ1) is 17.6. The number of nitrogens with one attached hydrogen (secondary N) is 1. The van der Waals surface area contributed by atoms with Gasteiger partial charge >= 0.3 is 0 Å². The SMILES string of the molecule is Cc1nc(/C=C/C(=O)Nc2cc(Cl)ccc2C(=O)N2CCCC2)cs1. The van der Waals surface area contributed by atoms with Gasteiger partial charge in [0.05, 0.1) is 22.0 Å². The molecule has 3 rings (SSSR count). The maximum absolute atomic E-state index is 12.6. The monoisotopic (exact) mass is 375 g/mol. The number of aryl methyl sites for hydroxylation is 1. The number of hydrogen-bond acceptors (Lipinski definition) is 4. The molecule has 0 unspecified atom stereocenters. The van der Waals surface area contributed by atoms with Crippen LogP contribution in [0.3, 0.4) is 0 Å². The van der Waals surface area contributed by atoms with Crippen molar-refractivity contribution < 1.29 is 9.59 Å². The number of benzene rings is 1. The van der Waals surface area contributed by atoms with E-state index >= 15 is 0 Å². The molecule has 1 saturated heterocycles. The zero-order valence-electron chi connectivity index (χ0n) is 13.8. The van der Waals surface area contributed by atoms with E-state index in [1.54, 1.807) is 29.2 Å². The van der Waals surface area contributed by atoms with Crippen LogP contribution in [0.25, 0.3) is 6.08 Å². The second-order valence-electron chi connectivity index (χ2n) is 5.80. The first-order chi connectivity index (χ1) is 12.0. The van der Waals surface area contributed by atoms with E-state index in [0.29, 0.717) is 16.3 Å². The summed E-state index contributed by atoms with van der Waals surface area (Å²) in [5.74, 6) is -0.410. The molecule has 2 amide bonds. The van der Waals surface area contributed by atoms with Gasteiger partial charge in [-0.1, -0.05) is 11.6 Å². The summed E-state index contributed by atoms with van der Waals surface area (Å²) < 4.78 is 0. The average molecular weight is 376 g/mol. The Morgan fingerprint density at radius 1 is 1.32 bits per heavy atom. The largest absolute Gasteiger partial charge is 0.339 e. The zero-order valence-corrected chi connectivity index (χ0v) is 15.4. The summed E-state index contributed by atoms with van der Waals surface area (Å²) in [4.78, 5) is 30.9. The van der Waals surface area contributed by atoms with E-state index < -0.39 is 0 Å². The Labute approximate surface area is 155 Å². The maximum atomic E-state index is 12.6. The summed E-state index contributed by atoms with van der Waals surface area (Å²) in [5, 5.41) is 6.03. The normalized spacial score (nSPS) is 14.2. The summed E-state index contributed by atoms with van der Waals surface area (Å²) >= 11 is 7.56. The molecule has 130 valence electrons. The molecule has 7 heteroatoms. The number of carbonyl (C=O) groups is 2. The van der Waals surface area contributed by atoms with Crippen molar-refractivity contribution in [3.8, 4) is 0 Å². The lowest BCUT2D eigenvalue weighted by Gasteiger charge is -2.18. The lowest BCUT2D eigenvalue weighted by molar-refractivity contribution is -0.111. The number of hydrogen-bond donors (Lipinski definition) is 1. The Bertz CT molecular complexity index is 825. The minimum Gasteiger partial charge on any atom is -0.339 e. The fourth-order valence-corrected chi connectivity index (χ4v) is 3.44. The van der Waals surface area contributed by atoms with Crippen molar-refractivity contribution in [3.63, 3.8) is 0 Å². The van der Waals surface area contributed by atoms with Gasteiger partial charge in [-0.25, -0.2) is 4.98 Å². The fraction of sp³-hybridized carbons (Fsp3) is 0.278. The van der Waals surface area contributed by atoms with Crippen LogP contribution in [0, 0.1) is 6.92 Å². The van der Waals surface area contributed by atoms with Gasteiger partial charge < -0.3 is 10.2 Å². The van der Waals surface area contributed by atoms with Gasteiger partial charge in [-0.05, 0) is 44.0 Å². The zero-order chi connectivity index (χ0) is 17.8. The highest BCUT2D eigenvalue weighted by molar-refractivity contribution is 7.09. The number of likely N-dealkylation sites (tertiary alicyclic amines) is 1. The van der Waals surface area contributed by atoms with Crippen LogP contribution in [0.2, 0.25) is 5.02 Å². The first-order valence-electron chi connectivity index (χ1n) is 8.03. The molecule has 1 aliphatic rings. The summed E-state index contributed by atoms with van der Waals surface area (Å²) in [6, 6.07) is 4.92. The van der Waals surface area contributed by atoms with E-state index in [0.717, 1.165) is 36.6 Å². The lowest BCUT2D eigenvalue weighted by Crippen LogP contribution is -2.28. The first-order valence-corrected chi connectivity index (χ1v) is 9.29. The van der Waals surface area contributed by atoms with Gasteiger partial charge in [-0.15, -0.1) is 11.3 Å². The molecule has 1 aromatic carbocycles. The van der Waals surface area contributed by atoms with E-state index in [-0.39, 0.29) is 11.8 Å². The van der Waals surface area contributed by atoms with E-state index in [1.165, 1.54) is 17.4 Å². The summed E-state index contributed by atoms with van der Waals surface area (Å²) in [5.41, 5.74) is 1.61. The van der Waals surface area contributed by atoms with Gasteiger partial charge in [-0.3, -0.25) is 9.59 Å². The molecular weight excluding hydrogens is 358 g/mol. The van der Waals surface area contributed by atoms with Crippen molar-refractivity contribution in [2.24, 2.45) is 0 Å². The lowest BCUT2D eigenvalue weighted by atomic mass is 10.1. The van der Waals surface area contributed by atoms with Crippen molar-refractivity contribution in [2.45, 2.75) is 19.8 Å². The predicted molar refractivity (Wildman–Crippen MR) is 101 cm³/mol. The molecule has 0 radical (unpaired) electrons. The highest BCUT2D eigenvalue weighted by atomic mass is 35.5. The van der Waals surface area contributed by atoms with Crippen LogP contribution in [-0.2, 0) is 4.79 Å². The van der Waals surface area contributed by atoms with E-state index in [9.17, 15) is 9.59 Å². The Hall–Kier alpha value is -2.18. The van der Waals surface area contributed by atoms with Crippen LogP contribution in [0.1, 0.15) is 33.9 Å². The highest BCUT2D eigenvalue weighted by Gasteiger charge is 2.22. The minimum atomic E-state index is -0.330. The molecular formula is C18H18ClN3O2S. The number of nitrogens with zero attached hydrogens (tertiary/aromatic N) is 2. The highest BCUT2D eigenvalue weighted by Crippen LogP contribution is 2.24. The standard InChI is InChI=1S/C18H18ClN3O2S/c1-12-20-14(11-25-12)5-7-17(23)21-16-10-13(19)4-6-15(16)18(24)22-8-2-3-9-22/h4-7,10-11H,2-3,8-9H2,1H3,(H,21,23)/b7-5+. The van der Waals surface area contributed by atoms with Gasteiger partial charge in [0.25, 0.3) is 5.91 Å².